The quantitative estimate of drug-likeness (QED) is 0.138. The molecule has 0 bridgehead atoms. The van der Waals surface area contributed by atoms with E-state index in [2.05, 4.69) is 43.5 Å². The number of H-pyrrole nitrogens is 1. The number of hydrogen-bond acceptors (Lipinski definition) is 6. The van der Waals surface area contributed by atoms with Gasteiger partial charge in [0.15, 0.2) is 0 Å². The summed E-state index contributed by atoms with van der Waals surface area (Å²) in [5, 5.41) is 13.6. The Morgan fingerprint density at radius 3 is 2.17 bits per heavy atom. The summed E-state index contributed by atoms with van der Waals surface area (Å²) in [6.07, 6.45) is 8.28. The van der Waals surface area contributed by atoms with Gasteiger partial charge in [-0.3, -0.25) is 24.0 Å². The van der Waals surface area contributed by atoms with Gasteiger partial charge in [-0.15, -0.1) is 0 Å². The van der Waals surface area contributed by atoms with Gasteiger partial charge >= 0.3 is 0 Å². The predicted octanol–water partition coefficient (Wildman–Crippen LogP) is 1.33. The summed E-state index contributed by atoms with van der Waals surface area (Å²) in [7, 11) is 0. The number of aromatic nitrogens is 2. The molecule has 0 radical (unpaired) electrons. The summed E-state index contributed by atoms with van der Waals surface area (Å²) < 4.78 is 0. The van der Waals surface area contributed by atoms with Crippen molar-refractivity contribution in [2.24, 2.45) is 11.8 Å². The molecule has 12 heteroatoms. The number of unbranched alkanes of at least 4 members (excludes halogenated alkanes) is 3. The highest BCUT2D eigenvalue weighted by Crippen LogP contribution is 2.12. The van der Waals surface area contributed by atoms with Crippen molar-refractivity contribution in [3.63, 3.8) is 0 Å². The molecule has 0 saturated carbocycles. The number of carbonyl (C=O) groups is 5. The van der Waals surface area contributed by atoms with Gasteiger partial charge in [-0.25, -0.2) is 4.98 Å². The van der Waals surface area contributed by atoms with E-state index in [-0.39, 0.29) is 36.6 Å². The minimum atomic E-state index is -0.940. The van der Waals surface area contributed by atoms with Crippen LogP contribution in [0, 0.1) is 11.8 Å². The maximum Gasteiger partial charge on any atom is 0.243 e. The maximum absolute atomic E-state index is 13.4. The van der Waals surface area contributed by atoms with Crippen molar-refractivity contribution in [1.29, 1.82) is 0 Å². The number of rotatable bonds is 19. The number of imidazole rings is 1. The lowest BCUT2D eigenvalue weighted by molar-refractivity contribution is -0.135. The van der Waals surface area contributed by atoms with Crippen molar-refractivity contribution in [1.82, 2.24) is 36.6 Å². The molecule has 0 fully saturated rings. The average molecular weight is 564 g/mol. The van der Waals surface area contributed by atoms with Gasteiger partial charge in [-0.2, -0.15) is 0 Å². The van der Waals surface area contributed by atoms with Crippen LogP contribution < -0.4 is 26.6 Å². The normalized spacial score (nSPS) is 14.0. The second kappa shape index (κ2) is 18.8. The van der Waals surface area contributed by atoms with Gasteiger partial charge in [0, 0.05) is 31.8 Å². The van der Waals surface area contributed by atoms with Gasteiger partial charge in [0.05, 0.1) is 12.9 Å². The van der Waals surface area contributed by atoms with E-state index in [1.54, 1.807) is 6.20 Å². The zero-order chi connectivity index (χ0) is 30.1. The molecule has 0 aliphatic carbocycles. The molecule has 0 saturated heterocycles. The van der Waals surface area contributed by atoms with Crippen molar-refractivity contribution >= 4 is 29.5 Å². The molecule has 12 nitrogen and oxygen atoms in total. The minimum Gasteiger partial charge on any atom is -0.355 e. The third-order valence-electron chi connectivity index (χ3n) is 6.58. The SMILES string of the molecule is CCCCCCNC(=O)CNC(=O)[C@@H](CC(C)C)NC(=O)[C@H](NC(=O)[C@@H](Cc1cnc[nH]1)NC(C)=O)C(C)CC. The average Bonchev–Trinajstić information content (AvgIpc) is 3.41. The summed E-state index contributed by atoms with van der Waals surface area (Å²) in [5.74, 6) is -2.34. The predicted molar refractivity (Wildman–Crippen MR) is 153 cm³/mol. The Hall–Kier alpha value is -3.44. The highest BCUT2D eigenvalue weighted by atomic mass is 16.2. The van der Waals surface area contributed by atoms with E-state index in [1.165, 1.54) is 13.3 Å². The molecule has 1 aromatic rings. The van der Waals surface area contributed by atoms with Gasteiger partial charge in [-0.1, -0.05) is 60.3 Å². The zero-order valence-electron chi connectivity index (χ0n) is 24.9. The second-order valence-corrected chi connectivity index (χ2v) is 10.7. The summed E-state index contributed by atoms with van der Waals surface area (Å²) in [5.41, 5.74) is 0.650. The van der Waals surface area contributed by atoms with Crippen LogP contribution >= 0.6 is 0 Å². The molecule has 0 aliphatic heterocycles. The molecule has 1 unspecified atom stereocenters. The first-order valence-electron chi connectivity index (χ1n) is 14.4. The summed E-state index contributed by atoms with van der Waals surface area (Å²) in [6, 6.07) is -2.75. The van der Waals surface area contributed by atoms with Crippen LogP contribution in [0.25, 0.3) is 0 Å². The van der Waals surface area contributed by atoms with Crippen molar-refractivity contribution in [3.05, 3.63) is 18.2 Å². The fourth-order valence-corrected chi connectivity index (χ4v) is 4.12. The number of carbonyl (C=O) groups excluding carboxylic acids is 5. The van der Waals surface area contributed by atoms with Crippen LogP contribution in [-0.2, 0) is 30.4 Å². The van der Waals surface area contributed by atoms with E-state index in [4.69, 9.17) is 0 Å². The Bertz CT molecular complexity index is 935. The Balaban J connectivity index is 2.88. The van der Waals surface area contributed by atoms with Gasteiger partial charge in [0.2, 0.25) is 29.5 Å². The molecule has 5 amide bonds. The highest BCUT2D eigenvalue weighted by molar-refractivity contribution is 5.95. The van der Waals surface area contributed by atoms with E-state index >= 15 is 0 Å². The molecular weight excluding hydrogens is 514 g/mol. The molecule has 0 spiro atoms. The van der Waals surface area contributed by atoms with Crippen LogP contribution in [0.1, 0.15) is 85.8 Å². The van der Waals surface area contributed by atoms with Crippen LogP contribution in [0.3, 0.4) is 0 Å². The molecule has 226 valence electrons. The lowest BCUT2D eigenvalue weighted by Crippen LogP contribution is -2.59. The van der Waals surface area contributed by atoms with Crippen molar-refractivity contribution in [2.75, 3.05) is 13.1 Å². The number of hydrogen-bond donors (Lipinski definition) is 6. The van der Waals surface area contributed by atoms with Crippen molar-refractivity contribution in [2.45, 2.75) is 105 Å². The van der Waals surface area contributed by atoms with Crippen LogP contribution in [0.5, 0.6) is 0 Å². The van der Waals surface area contributed by atoms with Gasteiger partial charge in [0.25, 0.3) is 0 Å². The maximum atomic E-state index is 13.4. The largest absolute Gasteiger partial charge is 0.355 e. The Morgan fingerprint density at radius 1 is 0.875 bits per heavy atom. The van der Waals surface area contributed by atoms with E-state index in [1.807, 2.05) is 27.7 Å². The Kier molecular flexibility index (Phi) is 16.2. The number of aromatic amines is 1. The molecule has 40 heavy (non-hydrogen) atoms. The van der Waals surface area contributed by atoms with Gasteiger partial charge in [-0.05, 0) is 24.7 Å². The monoisotopic (exact) mass is 563 g/mol. The molecule has 1 aromatic heterocycles. The second-order valence-electron chi connectivity index (χ2n) is 10.7. The first-order chi connectivity index (χ1) is 19.0. The third kappa shape index (κ3) is 13.6. The summed E-state index contributed by atoms with van der Waals surface area (Å²) in [6.45, 7) is 11.4. The van der Waals surface area contributed by atoms with Crippen LogP contribution in [0.4, 0.5) is 0 Å². The van der Waals surface area contributed by atoms with E-state index in [0.717, 1.165) is 25.7 Å². The summed E-state index contributed by atoms with van der Waals surface area (Å²) in [4.78, 5) is 70.4. The first kappa shape index (κ1) is 34.6. The van der Waals surface area contributed by atoms with Crippen molar-refractivity contribution < 1.29 is 24.0 Å². The van der Waals surface area contributed by atoms with Gasteiger partial charge < -0.3 is 31.6 Å². The zero-order valence-corrected chi connectivity index (χ0v) is 24.9. The summed E-state index contributed by atoms with van der Waals surface area (Å²) >= 11 is 0. The first-order valence-corrected chi connectivity index (χ1v) is 14.4. The smallest absolute Gasteiger partial charge is 0.243 e. The molecular formula is C28H49N7O5. The molecule has 0 aromatic carbocycles. The fraction of sp³-hybridized carbons (Fsp3) is 0.714. The van der Waals surface area contributed by atoms with Crippen LogP contribution in [0.15, 0.2) is 12.5 Å². The van der Waals surface area contributed by atoms with Crippen molar-refractivity contribution in [3.8, 4) is 0 Å². The number of nitrogens with zero attached hydrogens (tertiary/aromatic N) is 1. The van der Waals surface area contributed by atoms with Crippen LogP contribution in [-0.4, -0.2) is 70.7 Å². The fourth-order valence-electron chi connectivity index (χ4n) is 4.12. The molecule has 1 heterocycles. The lowest BCUT2D eigenvalue weighted by atomic mass is 9.96. The van der Waals surface area contributed by atoms with Gasteiger partial charge in [0.1, 0.15) is 18.1 Å². The Labute approximate surface area is 238 Å². The number of amides is 5. The molecule has 6 N–H and O–H groups in total. The van der Waals surface area contributed by atoms with Crippen LogP contribution in [0.2, 0.25) is 0 Å². The standard InChI is InChI=1S/C28H49N7O5/c1-7-9-10-11-12-30-24(37)16-31-26(38)22(13-18(3)4)34-28(40)25(19(5)8-2)35-27(39)23(33-20(6)36)14-21-15-29-17-32-21/h15,17-19,22-23,25H,7-14,16H2,1-6H3,(H,29,32)(H,30,37)(H,31,38)(H,33,36)(H,34,40)(H,35,39)/t19?,22-,23-,25-/m1/s1. The minimum absolute atomic E-state index is 0.0821. The Morgan fingerprint density at radius 2 is 1.60 bits per heavy atom. The van der Waals surface area contributed by atoms with E-state index in [9.17, 15) is 24.0 Å². The third-order valence-corrected chi connectivity index (χ3v) is 6.58. The van der Waals surface area contributed by atoms with E-state index < -0.39 is 35.8 Å². The molecule has 0 aliphatic rings. The topological polar surface area (TPSA) is 174 Å². The highest BCUT2D eigenvalue weighted by Gasteiger charge is 2.32. The molecule has 1 rings (SSSR count). The van der Waals surface area contributed by atoms with E-state index in [0.29, 0.717) is 25.1 Å². The number of nitrogens with one attached hydrogen (secondary N) is 6. The molecule has 4 atom stereocenters. The lowest BCUT2D eigenvalue weighted by Gasteiger charge is -2.28.